The summed E-state index contributed by atoms with van der Waals surface area (Å²) in [5.41, 5.74) is 7.86. The Hall–Kier alpha value is -1.06. The van der Waals surface area contributed by atoms with Crippen LogP contribution in [-0.2, 0) is 11.3 Å². The Labute approximate surface area is 104 Å². The fraction of sp³-hybridized carbons (Fsp3) is 0.571. The van der Waals surface area contributed by atoms with Gasteiger partial charge >= 0.3 is 0 Å². The molecule has 1 fully saturated rings. The number of likely N-dealkylation sites (tertiary alicyclic amines) is 1. The van der Waals surface area contributed by atoms with Gasteiger partial charge in [-0.3, -0.25) is 4.90 Å². The van der Waals surface area contributed by atoms with Crippen molar-refractivity contribution in [3.05, 3.63) is 29.8 Å². The van der Waals surface area contributed by atoms with Crippen LogP contribution in [0.2, 0.25) is 0 Å². The summed E-state index contributed by atoms with van der Waals surface area (Å²) < 4.78 is 5.60. The minimum atomic E-state index is 0.0199. The quantitative estimate of drug-likeness (QED) is 0.815. The van der Waals surface area contributed by atoms with Crippen LogP contribution in [0, 0.1) is 0 Å². The van der Waals surface area contributed by atoms with Gasteiger partial charge in [-0.2, -0.15) is 0 Å². The fourth-order valence-corrected chi connectivity index (χ4v) is 2.49. The van der Waals surface area contributed by atoms with Gasteiger partial charge < -0.3 is 10.5 Å². The van der Waals surface area contributed by atoms with Crippen LogP contribution in [0.25, 0.3) is 0 Å². The number of hydrogen-bond acceptors (Lipinski definition) is 3. The number of nitrogens with zero attached hydrogens (tertiary/aromatic N) is 1. The molecule has 3 nitrogen and oxygen atoms in total. The maximum atomic E-state index is 5.69. The fourth-order valence-electron chi connectivity index (χ4n) is 2.49. The van der Waals surface area contributed by atoms with E-state index >= 15 is 0 Å². The van der Waals surface area contributed by atoms with Gasteiger partial charge in [-0.1, -0.05) is 12.1 Å². The Bertz CT molecular complexity index is 363. The predicted octanol–water partition coefficient (Wildman–Crippen LogP) is 2.27. The third kappa shape index (κ3) is 3.20. The standard InChI is InChI=1S/C14H22N2O/c1-14(17-2)8-3-9-16(11-14)10-12-4-6-13(15)7-5-12/h4-7H,3,8-11,15H2,1-2H3. The molecule has 0 spiro atoms. The van der Waals surface area contributed by atoms with E-state index in [0.29, 0.717) is 0 Å². The number of ether oxygens (including phenoxy) is 1. The van der Waals surface area contributed by atoms with Crippen LogP contribution in [-0.4, -0.2) is 30.7 Å². The minimum absolute atomic E-state index is 0.0199. The van der Waals surface area contributed by atoms with Crippen LogP contribution < -0.4 is 5.73 Å². The van der Waals surface area contributed by atoms with Crippen molar-refractivity contribution in [1.29, 1.82) is 0 Å². The van der Waals surface area contributed by atoms with Crippen molar-refractivity contribution in [1.82, 2.24) is 4.90 Å². The van der Waals surface area contributed by atoms with Crippen LogP contribution in [0.15, 0.2) is 24.3 Å². The van der Waals surface area contributed by atoms with Crippen LogP contribution >= 0.6 is 0 Å². The largest absolute Gasteiger partial charge is 0.399 e. The zero-order valence-corrected chi connectivity index (χ0v) is 10.8. The summed E-state index contributed by atoms with van der Waals surface area (Å²) in [5, 5.41) is 0. The lowest BCUT2D eigenvalue weighted by Crippen LogP contribution is -2.46. The lowest BCUT2D eigenvalue weighted by molar-refractivity contribution is -0.0527. The Morgan fingerprint density at radius 1 is 1.35 bits per heavy atom. The van der Waals surface area contributed by atoms with Crippen molar-refractivity contribution < 1.29 is 4.74 Å². The normalized spacial score (nSPS) is 26.0. The van der Waals surface area contributed by atoms with Crippen LogP contribution in [0.4, 0.5) is 5.69 Å². The molecule has 0 amide bonds. The first-order chi connectivity index (χ1) is 8.11. The average molecular weight is 234 g/mol. The number of anilines is 1. The number of rotatable bonds is 3. The summed E-state index contributed by atoms with van der Waals surface area (Å²) in [6.07, 6.45) is 2.36. The molecule has 0 aromatic heterocycles. The molecule has 1 aliphatic rings. The average Bonchev–Trinajstić information content (AvgIpc) is 2.32. The second-order valence-electron chi connectivity index (χ2n) is 5.21. The van der Waals surface area contributed by atoms with Gasteiger partial charge in [0.05, 0.1) is 5.60 Å². The van der Waals surface area contributed by atoms with E-state index in [-0.39, 0.29) is 5.60 Å². The highest BCUT2D eigenvalue weighted by atomic mass is 16.5. The zero-order chi connectivity index (χ0) is 12.3. The molecule has 2 N–H and O–H groups in total. The molecule has 94 valence electrons. The lowest BCUT2D eigenvalue weighted by Gasteiger charge is -2.39. The van der Waals surface area contributed by atoms with Gasteiger partial charge in [0.25, 0.3) is 0 Å². The second-order valence-corrected chi connectivity index (χ2v) is 5.21. The molecule has 0 aliphatic carbocycles. The number of methoxy groups -OCH3 is 1. The van der Waals surface area contributed by atoms with Crippen LogP contribution in [0.5, 0.6) is 0 Å². The molecule has 0 radical (unpaired) electrons. The zero-order valence-electron chi connectivity index (χ0n) is 10.8. The maximum Gasteiger partial charge on any atom is 0.0777 e. The van der Waals surface area contributed by atoms with Crippen molar-refractivity contribution in [3.63, 3.8) is 0 Å². The molecular weight excluding hydrogens is 212 g/mol. The van der Waals surface area contributed by atoms with Crippen molar-refractivity contribution in [2.45, 2.75) is 31.9 Å². The first-order valence-electron chi connectivity index (χ1n) is 6.23. The molecule has 1 heterocycles. The van der Waals surface area contributed by atoms with Crippen molar-refractivity contribution >= 4 is 5.69 Å². The van der Waals surface area contributed by atoms with E-state index in [2.05, 4.69) is 24.0 Å². The molecule has 1 unspecified atom stereocenters. The molecular formula is C14H22N2O. The number of piperidine rings is 1. The summed E-state index contributed by atoms with van der Waals surface area (Å²) >= 11 is 0. The van der Waals surface area contributed by atoms with Gasteiger partial charge in [0.2, 0.25) is 0 Å². The molecule has 2 rings (SSSR count). The van der Waals surface area contributed by atoms with Crippen molar-refractivity contribution in [2.24, 2.45) is 0 Å². The molecule has 1 saturated heterocycles. The smallest absolute Gasteiger partial charge is 0.0777 e. The van der Waals surface area contributed by atoms with Gasteiger partial charge in [-0.25, -0.2) is 0 Å². The van der Waals surface area contributed by atoms with E-state index in [1.165, 1.54) is 12.0 Å². The van der Waals surface area contributed by atoms with Gasteiger partial charge in [0.15, 0.2) is 0 Å². The highest BCUT2D eigenvalue weighted by Gasteiger charge is 2.30. The van der Waals surface area contributed by atoms with E-state index in [1.54, 1.807) is 0 Å². The Morgan fingerprint density at radius 2 is 2.06 bits per heavy atom. The third-order valence-corrected chi connectivity index (χ3v) is 3.62. The highest BCUT2D eigenvalue weighted by molar-refractivity contribution is 5.39. The molecule has 1 atom stereocenters. The SMILES string of the molecule is COC1(C)CCCN(Cc2ccc(N)cc2)C1. The predicted molar refractivity (Wildman–Crippen MR) is 70.8 cm³/mol. The molecule has 1 aromatic carbocycles. The number of hydrogen-bond donors (Lipinski definition) is 1. The lowest BCUT2D eigenvalue weighted by atomic mass is 9.94. The monoisotopic (exact) mass is 234 g/mol. The number of benzene rings is 1. The second kappa shape index (κ2) is 5.07. The van der Waals surface area contributed by atoms with E-state index in [9.17, 15) is 0 Å². The van der Waals surface area contributed by atoms with E-state index in [4.69, 9.17) is 10.5 Å². The minimum Gasteiger partial charge on any atom is -0.399 e. The summed E-state index contributed by atoms with van der Waals surface area (Å²) in [5.74, 6) is 0. The Kier molecular flexibility index (Phi) is 3.69. The molecule has 1 aliphatic heterocycles. The van der Waals surface area contributed by atoms with Gasteiger partial charge in [-0.05, 0) is 44.0 Å². The molecule has 0 saturated carbocycles. The van der Waals surface area contributed by atoms with Crippen molar-refractivity contribution in [2.75, 3.05) is 25.9 Å². The van der Waals surface area contributed by atoms with Gasteiger partial charge in [0, 0.05) is 25.9 Å². The van der Waals surface area contributed by atoms with Gasteiger partial charge in [-0.15, -0.1) is 0 Å². The first-order valence-corrected chi connectivity index (χ1v) is 6.23. The number of nitrogen functional groups attached to an aromatic ring is 1. The van der Waals surface area contributed by atoms with Crippen LogP contribution in [0.1, 0.15) is 25.3 Å². The molecule has 1 aromatic rings. The van der Waals surface area contributed by atoms with Gasteiger partial charge in [0.1, 0.15) is 0 Å². The first kappa shape index (κ1) is 12.4. The summed E-state index contributed by atoms with van der Waals surface area (Å²) in [4.78, 5) is 2.46. The van der Waals surface area contributed by atoms with Crippen LogP contribution in [0.3, 0.4) is 0 Å². The molecule has 0 bridgehead atoms. The van der Waals surface area contributed by atoms with Crippen molar-refractivity contribution in [3.8, 4) is 0 Å². The summed E-state index contributed by atoms with van der Waals surface area (Å²) in [6.45, 7) is 5.35. The summed E-state index contributed by atoms with van der Waals surface area (Å²) in [7, 11) is 1.81. The van der Waals surface area contributed by atoms with E-state index in [0.717, 1.165) is 31.7 Å². The Balaban J connectivity index is 1.97. The molecule has 17 heavy (non-hydrogen) atoms. The topological polar surface area (TPSA) is 38.5 Å². The van der Waals surface area contributed by atoms with E-state index in [1.807, 2.05) is 19.2 Å². The third-order valence-electron chi connectivity index (χ3n) is 3.62. The number of nitrogens with two attached hydrogens (primary N) is 1. The summed E-state index contributed by atoms with van der Waals surface area (Å²) in [6, 6.07) is 8.14. The maximum absolute atomic E-state index is 5.69. The Morgan fingerprint density at radius 3 is 2.71 bits per heavy atom. The molecule has 3 heteroatoms. The van der Waals surface area contributed by atoms with E-state index < -0.39 is 0 Å². The highest BCUT2D eigenvalue weighted by Crippen LogP contribution is 2.25.